The van der Waals surface area contributed by atoms with Gasteiger partial charge in [-0.3, -0.25) is 13.9 Å². The molecule has 0 aliphatic heterocycles. The molecule has 4 aromatic carbocycles. The van der Waals surface area contributed by atoms with Crippen LogP contribution >= 0.6 is 34.8 Å². The standard InChI is InChI=1S/C35H36Cl3N3O4S/c1-24(2)21-39-35(43)33(19-26-9-5-4-6-10-26)40(22-30-31(37)13-8-14-32(30)38)34(42)23-41(28-12-7-11-27(36)20-28)46(44,45)29-17-15-25(3)16-18-29/h4-18,20,24,33H,19,21-23H2,1-3H3,(H,39,43)/t33-/m0/s1. The molecule has 1 N–H and O–H groups in total. The highest BCUT2D eigenvalue weighted by atomic mass is 35.5. The van der Waals surface area contributed by atoms with Gasteiger partial charge in [0.2, 0.25) is 11.8 Å². The average Bonchev–Trinajstić information content (AvgIpc) is 3.02. The SMILES string of the molecule is Cc1ccc(S(=O)(=O)N(CC(=O)N(Cc2c(Cl)cccc2Cl)[C@@H](Cc2ccccc2)C(=O)NCC(C)C)c2cccc(Cl)c2)cc1. The molecule has 7 nitrogen and oxygen atoms in total. The Bertz CT molecular complexity index is 1750. The van der Waals surface area contributed by atoms with Gasteiger partial charge in [0.05, 0.1) is 10.6 Å². The quantitative estimate of drug-likeness (QED) is 0.156. The van der Waals surface area contributed by atoms with Crippen molar-refractivity contribution in [3.05, 3.63) is 129 Å². The fourth-order valence-corrected chi connectivity index (χ4v) is 6.94. The monoisotopic (exact) mass is 699 g/mol. The fraction of sp³-hybridized carbons (Fsp3) is 0.257. The Morgan fingerprint density at radius 3 is 2.07 bits per heavy atom. The molecular formula is C35H36Cl3N3O4S. The Balaban J connectivity index is 1.83. The number of hydrogen-bond acceptors (Lipinski definition) is 4. The number of halogens is 3. The molecule has 0 heterocycles. The minimum atomic E-state index is -4.26. The first kappa shape index (κ1) is 35.3. The van der Waals surface area contributed by atoms with Crippen LogP contribution in [0.15, 0.2) is 102 Å². The van der Waals surface area contributed by atoms with Gasteiger partial charge >= 0.3 is 0 Å². The normalized spacial score (nSPS) is 12.1. The van der Waals surface area contributed by atoms with Crippen LogP contribution in [0.4, 0.5) is 5.69 Å². The van der Waals surface area contributed by atoms with Gasteiger partial charge in [0.15, 0.2) is 0 Å². The number of nitrogens with one attached hydrogen (secondary N) is 1. The topological polar surface area (TPSA) is 86.8 Å². The summed E-state index contributed by atoms with van der Waals surface area (Å²) in [5.41, 5.74) is 2.32. The number of anilines is 1. The predicted molar refractivity (Wildman–Crippen MR) is 186 cm³/mol. The maximum atomic E-state index is 14.6. The Hall–Kier alpha value is -3.56. The molecule has 1 atom stereocenters. The molecule has 0 aromatic heterocycles. The molecule has 0 aliphatic rings. The van der Waals surface area contributed by atoms with E-state index in [9.17, 15) is 18.0 Å². The van der Waals surface area contributed by atoms with Crippen molar-refractivity contribution in [3.8, 4) is 0 Å². The van der Waals surface area contributed by atoms with Crippen LogP contribution in [0, 0.1) is 12.8 Å². The van der Waals surface area contributed by atoms with Gasteiger partial charge in [-0.2, -0.15) is 0 Å². The van der Waals surface area contributed by atoms with Crippen molar-refractivity contribution in [2.24, 2.45) is 5.92 Å². The largest absolute Gasteiger partial charge is 0.354 e. The zero-order valence-electron chi connectivity index (χ0n) is 25.8. The van der Waals surface area contributed by atoms with E-state index in [1.807, 2.05) is 51.1 Å². The number of nitrogens with zero attached hydrogens (tertiary/aromatic N) is 2. The smallest absolute Gasteiger partial charge is 0.264 e. The summed E-state index contributed by atoms with van der Waals surface area (Å²) in [5, 5.41) is 3.87. The van der Waals surface area contributed by atoms with Gasteiger partial charge in [-0.05, 0) is 60.9 Å². The number of hydrogen-bond donors (Lipinski definition) is 1. The van der Waals surface area contributed by atoms with Crippen LogP contribution in [0.5, 0.6) is 0 Å². The van der Waals surface area contributed by atoms with E-state index >= 15 is 0 Å². The molecule has 0 saturated heterocycles. The van der Waals surface area contributed by atoms with Crippen molar-refractivity contribution in [3.63, 3.8) is 0 Å². The van der Waals surface area contributed by atoms with E-state index < -0.39 is 28.5 Å². The maximum absolute atomic E-state index is 14.6. The van der Waals surface area contributed by atoms with E-state index in [-0.39, 0.29) is 35.4 Å². The van der Waals surface area contributed by atoms with Crippen LogP contribution in [0.25, 0.3) is 0 Å². The number of carbonyl (C=O) groups excluding carboxylic acids is 2. The zero-order valence-corrected chi connectivity index (χ0v) is 28.9. The van der Waals surface area contributed by atoms with Crippen LogP contribution in [-0.4, -0.2) is 44.3 Å². The van der Waals surface area contributed by atoms with E-state index in [2.05, 4.69) is 5.32 Å². The molecule has 0 spiro atoms. The van der Waals surface area contributed by atoms with Crippen LogP contribution in [-0.2, 0) is 32.6 Å². The van der Waals surface area contributed by atoms with Crippen LogP contribution in [0.2, 0.25) is 15.1 Å². The average molecular weight is 701 g/mol. The Labute approximate surface area is 286 Å². The van der Waals surface area contributed by atoms with Gasteiger partial charge in [-0.1, -0.05) is 109 Å². The first-order valence-electron chi connectivity index (χ1n) is 14.8. The van der Waals surface area contributed by atoms with Crippen molar-refractivity contribution < 1.29 is 18.0 Å². The van der Waals surface area contributed by atoms with Gasteiger partial charge < -0.3 is 10.2 Å². The van der Waals surface area contributed by atoms with Gasteiger partial charge in [0, 0.05) is 40.1 Å². The summed E-state index contributed by atoms with van der Waals surface area (Å²) in [7, 11) is -4.26. The molecule has 4 rings (SSSR count). The first-order chi connectivity index (χ1) is 21.9. The number of amides is 2. The van der Waals surface area contributed by atoms with E-state index in [1.54, 1.807) is 48.5 Å². The lowest BCUT2D eigenvalue weighted by Gasteiger charge is -2.34. The lowest BCUT2D eigenvalue weighted by molar-refractivity contribution is -0.140. The highest BCUT2D eigenvalue weighted by molar-refractivity contribution is 7.92. The number of carbonyl (C=O) groups is 2. The van der Waals surface area contributed by atoms with Crippen LogP contribution in [0.1, 0.15) is 30.5 Å². The van der Waals surface area contributed by atoms with Gasteiger partial charge in [0.25, 0.3) is 10.0 Å². The minimum absolute atomic E-state index is 0.00193. The minimum Gasteiger partial charge on any atom is -0.354 e. The summed E-state index contributed by atoms with van der Waals surface area (Å²) in [6.45, 7) is 5.41. The molecule has 46 heavy (non-hydrogen) atoms. The fourth-order valence-electron chi connectivity index (χ4n) is 4.83. The summed E-state index contributed by atoms with van der Waals surface area (Å²) in [4.78, 5) is 29.8. The molecule has 0 radical (unpaired) electrons. The van der Waals surface area contributed by atoms with Crippen LogP contribution < -0.4 is 9.62 Å². The highest BCUT2D eigenvalue weighted by Crippen LogP contribution is 2.30. The summed E-state index contributed by atoms with van der Waals surface area (Å²) >= 11 is 19.4. The summed E-state index contributed by atoms with van der Waals surface area (Å²) in [6.07, 6.45) is 0.167. The summed E-state index contributed by atoms with van der Waals surface area (Å²) in [5.74, 6) is -0.862. The molecule has 0 bridgehead atoms. The molecule has 0 aliphatic carbocycles. The van der Waals surface area contributed by atoms with Crippen molar-refractivity contribution in [1.82, 2.24) is 10.2 Å². The molecular weight excluding hydrogens is 665 g/mol. The summed E-state index contributed by atoms with van der Waals surface area (Å²) in [6, 6.07) is 25.9. The van der Waals surface area contributed by atoms with E-state index in [0.29, 0.717) is 27.2 Å². The van der Waals surface area contributed by atoms with Crippen molar-refractivity contribution in [1.29, 1.82) is 0 Å². The second-order valence-corrected chi connectivity index (χ2v) is 14.5. The van der Waals surface area contributed by atoms with Gasteiger partial charge in [-0.15, -0.1) is 0 Å². The third-order valence-electron chi connectivity index (χ3n) is 7.33. The van der Waals surface area contributed by atoms with Crippen molar-refractivity contribution >= 4 is 62.3 Å². The van der Waals surface area contributed by atoms with Crippen molar-refractivity contribution in [2.45, 2.75) is 44.7 Å². The second kappa shape index (κ2) is 15.8. The molecule has 242 valence electrons. The van der Waals surface area contributed by atoms with E-state index in [0.717, 1.165) is 15.4 Å². The van der Waals surface area contributed by atoms with Gasteiger partial charge in [-0.25, -0.2) is 8.42 Å². The molecule has 0 unspecified atom stereocenters. The predicted octanol–water partition coefficient (Wildman–Crippen LogP) is 7.56. The molecule has 11 heteroatoms. The highest BCUT2D eigenvalue weighted by Gasteiger charge is 2.35. The number of aryl methyl sites for hydroxylation is 1. The Morgan fingerprint density at radius 1 is 0.826 bits per heavy atom. The Morgan fingerprint density at radius 2 is 1.46 bits per heavy atom. The number of rotatable bonds is 13. The third-order valence-corrected chi connectivity index (χ3v) is 10.1. The molecule has 4 aromatic rings. The van der Waals surface area contributed by atoms with Crippen LogP contribution in [0.3, 0.4) is 0 Å². The lowest BCUT2D eigenvalue weighted by atomic mass is 10.0. The molecule has 2 amide bonds. The van der Waals surface area contributed by atoms with E-state index in [4.69, 9.17) is 34.8 Å². The third kappa shape index (κ3) is 9.04. The van der Waals surface area contributed by atoms with E-state index in [1.165, 1.54) is 23.1 Å². The second-order valence-electron chi connectivity index (χ2n) is 11.4. The number of benzene rings is 4. The molecule has 0 fully saturated rings. The number of sulfonamides is 1. The Kier molecular flexibility index (Phi) is 12.1. The molecule has 0 saturated carbocycles. The zero-order chi connectivity index (χ0) is 33.4. The lowest BCUT2D eigenvalue weighted by Crippen LogP contribution is -2.53. The first-order valence-corrected chi connectivity index (χ1v) is 17.3. The maximum Gasteiger partial charge on any atom is 0.264 e. The van der Waals surface area contributed by atoms with Gasteiger partial charge in [0.1, 0.15) is 12.6 Å². The van der Waals surface area contributed by atoms with Crippen molar-refractivity contribution in [2.75, 3.05) is 17.4 Å². The summed E-state index contributed by atoms with van der Waals surface area (Å²) < 4.78 is 29.3.